The van der Waals surface area contributed by atoms with Gasteiger partial charge < -0.3 is 4.74 Å². The van der Waals surface area contributed by atoms with Crippen molar-refractivity contribution in [2.75, 3.05) is 7.11 Å². The van der Waals surface area contributed by atoms with Crippen LogP contribution in [0.3, 0.4) is 0 Å². The molecule has 2 rings (SSSR count). The van der Waals surface area contributed by atoms with Gasteiger partial charge in [0.1, 0.15) is 10.6 Å². The number of ether oxygens (including phenoxy) is 1. The first-order chi connectivity index (χ1) is 9.53. The fourth-order valence-corrected chi connectivity index (χ4v) is 3.01. The van der Waals surface area contributed by atoms with Gasteiger partial charge >= 0.3 is 0 Å². The number of halogens is 1. The molecule has 0 saturated carbocycles. The minimum Gasteiger partial charge on any atom is -0.497 e. The van der Waals surface area contributed by atoms with Crippen LogP contribution in [0.5, 0.6) is 5.75 Å². The van der Waals surface area contributed by atoms with Gasteiger partial charge in [0.2, 0.25) is 10.0 Å². The Morgan fingerprint density at radius 3 is 2.55 bits per heavy atom. The van der Waals surface area contributed by atoms with Crippen LogP contribution in [0, 0.1) is 0 Å². The lowest BCUT2D eigenvalue weighted by molar-refractivity contribution is 0.414. The highest BCUT2D eigenvalue weighted by Crippen LogP contribution is 2.19. The number of pyridine rings is 1. The predicted octanol–water partition coefficient (Wildman–Crippen LogP) is 2.22. The van der Waals surface area contributed by atoms with Crippen LogP contribution in [0.2, 0.25) is 5.02 Å². The van der Waals surface area contributed by atoms with E-state index in [-0.39, 0.29) is 16.5 Å². The van der Waals surface area contributed by atoms with E-state index in [2.05, 4.69) is 9.71 Å². The maximum atomic E-state index is 12.1. The summed E-state index contributed by atoms with van der Waals surface area (Å²) in [5.74, 6) is 0.715. The van der Waals surface area contributed by atoms with Crippen molar-refractivity contribution in [2.45, 2.75) is 11.4 Å². The predicted molar refractivity (Wildman–Crippen MR) is 76.3 cm³/mol. The van der Waals surface area contributed by atoms with Gasteiger partial charge in [-0.25, -0.2) is 13.1 Å². The van der Waals surface area contributed by atoms with E-state index in [1.54, 1.807) is 31.4 Å². The summed E-state index contributed by atoms with van der Waals surface area (Å²) >= 11 is 5.85. The first kappa shape index (κ1) is 14.8. The maximum absolute atomic E-state index is 12.1. The Morgan fingerprint density at radius 2 is 1.95 bits per heavy atom. The van der Waals surface area contributed by atoms with E-state index in [0.29, 0.717) is 5.75 Å². The van der Waals surface area contributed by atoms with Crippen molar-refractivity contribution in [3.63, 3.8) is 0 Å². The van der Waals surface area contributed by atoms with Crippen LogP contribution in [0.4, 0.5) is 0 Å². The van der Waals surface area contributed by atoms with Crippen LogP contribution >= 0.6 is 11.6 Å². The quantitative estimate of drug-likeness (QED) is 0.919. The third kappa shape index (κ3) is 3.47. The first-order valence-electron chi connectivity index (χ1n) is 5.75. The number of benzene rings is 1. The van der Waals surface area contributed by atoms with Gasteiger partial charge in [0.25, 0.3) is 0 Å². The van der Waals surface area contributed by atoms with Gasteiger partial charge in [0.15, 0.2) is 0 Å². The lowest BCUT2D eigenvalue weighted by atomic mass is 10.2. The van der Waals surface area contributed by atoms with E-state index >= 15 is 0 Å². The molecule has 0 bridgehead atoms. The lowest BCUT2D eigenvalue weighted by Crippen LogP contribution is -2.23. The molecule has 0 unspecified atom stereocenters. The number of hydrogen-bond donors (Lipinski definition) is 1. The minimum atomic E-state index is -3.68. The molecule has 0 aliphatic heterocycles. The molecule has 0 atom stereocenters. The Hall–Kier alpha value is -1.63. The molecule has 0 spiro atoms. The topological polar surface area (TPSA) is 68.3 Å². The summed E-state index contributed by atoms with van der Waals surface area (Å²) in [7, 11) is -2.11. The zero-order valence-corrected chi connectivity index (χ0v) is 12.3. The number of methoxy groups -OCH3 is 1. The van der Waals surface area contributed by atoms with Gasteiger partial charge in [-0.3, -0.25) is 4.98 Å². The Labute approximate surface area is 122 Å². The molecule has 5 nitrogen and oxygen atoms in total. The molecular weight excluding hydrogens is 300 g/mol. The molecule has 1 N–H and O–H groups in total. The highest BCUT2D eigenvalue weighted by Gasteiger charge is 2.17. The van der Waals surface area contributed by atoms with Crippen molar-refractivity contribution in [2.24, 2.45) is 0 Å². The van der Waals surface area contributed by atoms with Crippen molar-refractivity contribution in [3.8, 4) is 5.75 Å². The van der Waals surface area contributed by atoms with E-state index in [1.165, 1.54) is 18.5 Å². The van der Waals surface area contributed by atoms with Crippen molar-refractivity contribution in [3.05, 3.63) is 53.3 Å². The van der Waals surface area contributed by atoms with Crippen molar-refractivity contribution in [1.82, 2.24) is 9.71 Å². The SMILES string of the molecule is COc1ccc(CNS(=O)(=O)c2cnccc2Cl)cc1. The average molecular weight is 313 g/mol. The monoisotopic (exact) mass is 312 g/mol. The Balaban J connectivity index is 2.11. The zero-order valence-electron chi connectivity index (χ0n) is 10.7. The maximum Gasteiger partial charge on any atom is 0.243 e. The molecule has 0 amide bonds. The fraction of sp³-hybridized carbons (Fsp3) is 0.154. The van der Waals surface area contributed by atoms with E-state index in [0.717, 1.165) is 5.56 Å². The first-order valence-corrected chi connectivity index (χ1v) is 7.61. The number of nitrogens with one attached hydrogen (secondary N) is 1. The summed E-state index contributed by atoms with van der Waals surface area (Å²) in [6, 6.07) is 8.53. The standard InChI is InChI=1S/C13H13ClN2O3S/c1-19-11-4-2-10(3-5-11)8-16-20(17,18)13-9-15-7-6-12(13)14/h2-7,9,16H,8H2,1H3. The average Bonchev–Trinajstić information content (AvgIpc) is 2.46. The van der Waals surface area contributed by atoms with Gasteiger partial charge in [-0.2, -0.15) is 0 Å². The number of nitrogens with zero attached hydrogens (tertiary/aromatic N) is 1. The van der Waals surface area contributed by atoms with Crippen LogP contribution in [0.15, 0.2) is 47.6 Å². The molecule has 0 fully saturated rings. The molecule has 7 heteroatoms. The smallest absolute Gasteiger partial charge is 0.243 e. The number of rotatable bonds is 5. The molecule has 2 aromatic rings. The summed E-state index contributed by atoms with van der Waals surface area (Å²) in [5, 5.41) is 0.141. The van der Waals surface area contributed by atoms with Crippen molar-refractivity contribution >= 4 is 21.6 Å². The molecule has 1 aromatic heterocycles. The van der Waals surface area contributed by atoms with E-state index in [9.17, 15) is 8.42 Å². The second kappa shape index (κ2) is 6.21. The van der Waals surface area contributed by atoms with Gasteiger partial charge in [0, 0.05) is 18.9 Å². The van der Waals surface area contributed by atoms with Gasteiger partial charge in [-0.1, -0.05) is 23.7 Å². The third-order valence-electron chi connectivity index (χ3n) is 2.65. The molecule has 0 aliphatic rings. The van der Waals surface area contributed by atoms with Gasteiger partial charge in [-0.05, 0) is 23.8 Å². The second-order valence-electron chi connectivity index (χ2n) is 3.98. The molecule has 0 aliphatic carbocycles. The van der Waals surface area contributed by atoms with Crippen molar-refractivity contribution < 1.29 is 13.2 Å². The second-order valence-corrected chi connectivity index (χ2v) is 6.12. The highest BCUT2D eigenvalue weighted by molar-refractivity contribution is 7.89. The molecule has 0 radical (unpaired) electrons. The van der Waals surface area contributed by atoms with Crippen LogP contribution in [0.25, 0.3) is 0 Å². The van der Waals surface area contributed by atoms with Crippen LogP contribution in [-0.4, -0.2) is 20.5 Å². The van der Waals surface area contributed by atoms with E-state index in [4.69, 9.17) is 16.3 Å². The summed E-state index contributed by atoms with van der Waals surface area (Å²) in [4.78, 5) is 3.74. The lowest BCUT2D eigenvalue weighted by Gasteiger charge is -2.08. The summed E-state index contributed by atoms with van der Waals surface area (Å²) in [6.45, 7) is 0.164. The molecular formula is C13H13ClN2O3S. The normalized spacial score (nSPS) is 11.3. The van der Waals surface area contributed by atoms with Crippen LogP contribution in [-0.2, 0) is 16.6 Å². The third-order valence-corrected chi connectivity index (χ3v) is 4.52. The largest absolute Gasteiger partial charge is 0.497 e. The van der Waals surface area contributed by atoms with Crippen LogP contribution in [0.1, 0.15) is 5.56 Å². The molecule has 0 saturated heterocycles. The zero-order chi connectivity index (χ0) is 14.6. The fourth-order valence-electron chi connectivity index (χ4n) is 1.56. The number of hydrogen-bond acceptors (Lipinski definition) is 4. The van der Waals surface area contributed by atoms with E-state index in [1.807, 2.05) is 0 Å². The Bertz CT molecular complexity index is 687. The summed E-state index contributed by atoms with van der Waals surface area (Å²) < 4.78 is 31.7. The van der Waals surface area contributed by atoms with Gasteiger partial charge in [-0.15, -0.1) is 0 Å². The summed E-state index contributed by atoms with van der Waals surface area (Å²) in [5.41, 5.74) is 0.814. The molecule has 1 heterocycles. The molecule has 20 heavy (non-hydrogen) atoms. The Morgan fingerprint density at radius 1 is 1.25 bits per heavy atom. The highest BCUT2D eigenvalue weighted by atomic mass is 35.5. The number of aromatic nitrogens is 1. The molecule has 1 aromatic carbocycles. The Kier molecular flexibility index (Phi) is 4.59. The minimum absolute atomic E-state index is 0.0322. The van der Waals surface area contributed by atoms with Crippen molar-refractivity contribution in [1.29, 1.82) is 0 Å². The van der Waals surface area contributed by atoms with Gasteiger partial charge in [0.05, 0.1) is 12.1 Å². The molecule has 106 valence electrons. The number of sulfonamides is 1. The summed E-state index contributed by atoms with van der Waals surface area (Å²) in [6.07, 6.45) is 2.66. The van der Waals surface area contributed by atoms with E-state index < -0.39 is 10.0 Å². The van der Waals surface area contributed by atoms with Crippen LogP contribution < -0.4 is 9.46 Å².